The Morgan fingerprint density at radius 2 is 2.27 bits per heavy atom. The molecule has 0 unspecified atom stereocenters. The Morgan fingerprint density at radius 3 is 3.05 bits per heavy atom. The van der Waals surface area contributed by atoms with Gasteiger partial charge in [0.15, 0.2) is 11.5 Å². The van der Waals surface area contributed by atoms with Gasteiger partial charge in [0.05, 0.1) is 18.3 Å². The van der Waals surface area contributed by atoms with Crippen LogP contribution in [0.5, 0.6) is 0 Å². The molecule has 0 radical (unpaired) electrons. The van der Waals surface area contributed by atoms with E-state index in [4.69, 9.17) is 9.26 Å². The number of morpholine rings is 1. The molecule has 3 rings (SSSR count). The lowest BCUT2D eigenvalue weighted by molar-refractivity contribution is -0.0229. The van der Waals surface area contributed by atoms with E-state index in [1.165, 1.54) is 12.1 Å². The number of carbonyl (C=O) groups excluding carboxylic acids is 1. The normalized spacial score (nSPS) is 18.5. The zero-order valence-electron chi connectivity index (χ0n) is 12.3. The molecule has 1 fully saturated rings. The largest absolute Gasteiger partial charge is 0.375 e. The van der Waals surface area contributed by atoms with Gasteiger partial charge in [-0.25, -0.2) is 4.39 Å². The SMILES string of the molecule is CC[C@@H]1CN(C(=O)c2cc(-c3ccccc3F)on2)CCO1. The summed E-state index contributed by atoms with van der Waals surface area (Å²) in [5, 5.41) is 3.79. The Bertz CT molecular complexity index is 671. The van der Waals surface area contributed by atoms with Gasteiger partial charge >= 0.3 is 0 Å². The highest BCUT2D eigenvalue weighted by Gasteiger charge is 2.26. The second-order valence-electron chi connectivity index (χ2n) is 5.21. The lowest BCUT2D eigenvalue weighted by Crippen LogP contribution is -2.45. The molecule has 2 aromatic rings. The van der Waals surface area contributed by atoms with Crippen LogP contribution >= 0.6 is 0 Å². The van der Waals surface area contributed by atoms with Gasteiger partial charge in [-0.05, 0) is 18.6 Å². The van der Waals surface area contributed by atoms with E-state index >= 15 is 0 Å². The zero-order chi connectivity index (χ0) is 15.5. The molecule has 1 aliphatic rings. The van der Waals surface area contributed by atoms with Crippen LogP contribution in [0.15, 0.2) is 34.9 Å². The number of amides is 1. The number of hydrogen-bond donors (Lipinski definition) is 0. The van der Waals surface area contributed by atoms with Gasteiger partial charge in [-0.1, -0.05) is 24.2 Å². The van der Waals surface area contributed by atoms with E-state index in [-0.39, 0.29) is 23.5 Å². The maximum atomic E-state index is 13.7. The van der Waals surface area contributed by atoms with Crippen molar-refractivity contribution < 1.29 is 18.4 Å². The molecular weight excluding hydrogens is 287 g/mol. The van der Waals surface area contributed by atoms with Crippen molar-refractivity contribution in [1.82, 2.24) is 10.1 Å². The molecule has 22 heavy (non-hydrogen) atoms. The van der Waals surface area contributed by atoms with E-state index < -0.39 is 5.82 Å². The molecule has 0 aliphatic carbocycles. The molecule has 116 valence electrons. The molecule has 2 heterocycles. The van der Waals surface area contributed by atoms with Crippen molar-refractivity contribution >= 4 is 5.91 Å². The van der Waals surface area contributed by atoms with Gasteiger partial charge in [0.1, 0.15) is 5.82 Å². The molecule has 0 N–H and O–H groups in total. The molecule has 1 aromatic heterocycles. The van der Waals surface area contributed by atoms with Crippen molar-refractivity contribution in [3.05, 3.63) is 41.8 Å². The average molecular weight is 304 g/mol. The number of benzene rings is 1. The second kappa shape index (κ2) is 6.27. The molecule has 6 heteroatoms. The molecule has 0 spiro atoms. The number of nitrogens with zero attached hydrogens (tertiary/aromatic N) is 2. The van der Waals surface area contributed by atoms with Crippen LogP contribution in [0.4, 0.5) is 4.39 Å². The third-order valence-electron chi connectivity index (χ3n) is 3.75. The van der Waals surface area contributed by atoms with Gasteiger partial charge < -0.3 is 14.2 Å². The molecule has 5 nitrogen and oxygen atoms in total. The van der Waals surface area contributed by atoms with Crippen LogP contribution in [-0.2, 0) is 4.74 Å². The number of carbonyl (C=O) groups is 1. The maximum Gasteiger partial charge on any atom is 0.276 e. The highest BCUT2D eigenvalue weighted by Crippen LogP contribution is 2.24. The van der Waals surface area contributed by atoms with Crippen molar-refractivity contribution in [2.75, 3.05) is 19.7 Å². The van der Waals surface area contributed by atoms with Gasteiger partial charge in [-0.15, -0.1) is 0 Å². The molecule has 1 amide bonds. The van der Waals surface area contributed by atoms with Crippen LogP contribution in [0.3, 0.4) is 0 Å². The van der Waals surface area contributed by atoms with Crippen molar-refractivity contribution in [3.63, 3.8) is 0 Å². The van der Waals surface area contributed by atoms with Crippen molar-refractivity contribution in [2.45, 2.75) is 19.4 Å². The number of ether oxygens (including phenoxy) is 1. The first-order valence-electron chi connectivity index (χ1n) is 7.31. The minimum Gasteiger partial charge on any atom is -0.375 e. The number of halogens is 1. The van der Waals surface area contributed by atoms with Gasteiger partial charge in [0, 0.05) is 19.2 Å². The third kappa shape index (κ3) is 2.87. The van der Waals surface area contributed by atoms with Crippen molar-refractivity contribution in [3.8, 4) is 11.3 Å². The zero-order valence-corrected chi connectivity index (χ0v) is 12.3. The van der Waals surface area contributed by atoms with Gasteiger partial charge in [-0.3, -0.25) is 4.79 Å². The van der Waals surface area contributed by atoms with Gasteiger partial charge in [-0.2, -0.15) is 0 Å². The summed E-state index contributed by atoms with van der Waals surface area (Å²) in [6.07, 6.45) is 0.902. The predicted octanol–water partition coefficient (Wildman–Crippen LogP) is 2.73. The lowest BCUT2D eigenvalue weighted by Gasteiger charge is -2.31. The first kappa shape index (κ1) is 14.7. The van der Waals surface area contributed by atoms with E-state index in [9.17, 15) is 9.18 Å². The van der Waals surface area contributed by atoms with Crippen LogP contribution in [0.1, 0.15) is 23.8 Å². The first-order chi connectivity index (χ1) is 10.7. The van der Waals surface area contributed by atoms with Crippen LogP contribution in [0.25, 0.3) is 11.3 Å². The summed E-state index contributed by atoms with van der Waals surface area (Å²) >= 11 is 0. The predicted molar refractivity (Wildman–Crippen MR) is 77.8 cm³/mol. The second-order valence-corrected chi connectivity index (χ2v) is 5.21. The van der Waals surface area contributed by atoms with Crippen LogP contribution in [0.2, 0.25) is 0 Å². The van der Waals surface area contributed by atoms with Crippen molar-refractivity contribution in [2.24, 2.45) is 0 Å². The summed E-state index contributed by atoms with van der Waals surface area (Å²) in [7, 11) is 0. The Kier molecular flexibility index (Phi) is 4.20. The third-order valence-corrected chi connectivity index (χ3v) is 3.75. The Labute approximate surface area is 127 Å². The quantitative estimate of drug-likeness (QED) is 0.875. The summed E-state index contributed by atoms with van der Waals surface area (Å²) in [6, 6.07) is 7.71. The van der Waals surface area contributed by atoms with Crippen LogP contribution in [-0.4, -0.2) is 41.8 Å². The Hall–Kier alpha value is -2.21. The van der Waals surface area contributed by atoms with E-state index in [0.717, 1.165) is 6.42 Å². The minimum absolute atomic E-state index is 0.0515. The summed E-state index contributed by atoms with van der Waals surface area (Å²) in [4.78, 5) is 14.1. The van der Waals surface area contributed by atoms with Gasteiger partial charge in [0.25, 0.3) is 5.91 Å². The standard InChI is InChI=1S/C16H17FN2O3/c1-2-11-10-19(7-8-21-11)16(20)14-9-15(22-18-14)12-5-3-4-6-13(12)17/h3-6,9,11H,2,7-8,10H2,1H3/t11-/m1/s1. The summed E-state index contributed by atoms with van der Waals surface area (Å²) in [5.74, 6) is -0.370. The number of hydrogen-bond acceptors (Lipinski definition) is 4. The number of aromatic nitrogens is 1. The minimum atomic E-state index is -0.407. The summed E-state index contributed by atoms with van der Waals surface area (Å²) in [6.45, 7) is 3.60. The molecule has 1 aromatic carbocycles. The monoisotopic (exact) mass is 304 g/mol. The van der Waals surface area contributed by atoms with Gasteiger partial charge in [0.2, 0.25) is 0 Å². The summed E-state index contributed by atoms with van der Waals surface area (Å²) < 4.78 is 24.4. The smallest absolute Gasteiger partial charge is 0.276 e. The average Bonchev–Trinajstić information content (AvgIpc) is 3.04. The molecule has 0 bridgehead atoms. The molecule has 0 saturated carbocycles. The molecule has 1 saturated heterocycles. The van der Waals surface area contributed by atoms with E-state index in [2.05, 4.69) is 5.16 Å². The molecular formula is C16H17FN2O3. The fourth-order valence-electron chi connectivity index (χ4n) is 2.48. The van der Waals surface area contributed by atoms with E-state index in [1.807, 2.05) is 6.92 Å². The summed E-state index contributed by atoms with van der Waals surface area (Å²) in [5.41, 5.74) is 0.484. The molecule has 1 atom stereocenters. The topological polar surface area (TPSA) is 55.6 Å². The highest BCUT2D eigenvalue weighted by molar-refractivity contribution is 5.93. The maximum absolute atomic E-state index is 13.7. The highest BCUT2D eigenvalue weighted by atomic mass is 19.1. The lowest BCUT2D eigenvalue weighted by atomic mass is 10.1. The van der Waals surface area contributed by atoms with Crippen LogP contribution < -0.4 is 0 Å². The fraction of sp³-hybridized carbons (Fsp3) is 0.375. The van der Waals surface area contributed by atoms with Crippen LogP contribution in [0, 0.1) is 5.82 Å². The fourth-order valence-corrected chi connectivity index (χ4v) is 2.48. The van der Waals surface area contributed by atoms with Crippen molar-refractivity contribution in [1.29, 1.82) is 0 Å². The van der Waals surface area contributed by atoms with E-state index in [1.54, 1.807) is 23.1 Å². The van der Waals surface area contributed by atoms with E-state index in [0.29, 0.717) is 25.3 Å². The molecule has 1 aliphatic heterocycles. The first-order valence-corrected chi connectivity index (χ1v) is 7.31. The number of rotatable bonds is 3. The Balaban J connectivity index is 1.79. The Morgan fingerprint density at radius 1 is 1.45 bits per heavy atom.